The Kier molecular flexibility index (Phi) is 5.12. The molecule has 2 aromatic rings. The van der Waals surface area contributed by atoms with Gasteiger partial charge < -0.3 is 14.6 Å². The van der Waals surface area contributed by atoms with Gasteiger partial charge in [-0.25, -0.2) is 9.97 Å². The van der Waals surface area contributed by atoms with Gasteiger partial charge >= 0.3 is 0 Å². The van der Waals surface area contributed by atoms with E-state index < -0.39 is 0 Å². The van der Waals surface area contributed by atoms with Crippen LogP contribution < -0.4 is 10.1 Å². The normalized spacial score (nSPS) is 12.3. The summed E-state index contributed by atoms with van der Waals surface area (Å²) in [7, 11) is 1.63. The van der Waals surface area contributed by atoms with Crippen LogP contribution in [0.15, 0.2) is 30.7 Å². The van der Waals surface area contributed by atoms with Crippen LogP contribution in [0.1, 0.15) is 31.3 Å². The van der Waals surface area contributed by atoms with Crippen LogP contribution >= 0.6 is 0 Å². The number of hydrogen-bond donors (Lipinski definition) is 1. The predicted molar refractivity (Wildman–Crippen MR) is 78.8 cm³/mol. The molecule has 0 spiro atoms. The number of imidazole rings is 1. The lowest BCUT2D eigenvalue weighted by Gasteiger charge is -2.18. The predicted octanol–water partition coefficient (Wildman–Crippen LogP) is 2.20. The van der Waals surface area contributed by atoms with Gasteiger partial charge in [-0.3, -0.25) is 0 Å². The summed E-state index contributed by atoms with van der Waals surface area (Å²) in [4.78, 5) is 8.75. The molecule has 2 rings (SSSR count). The molecule has 1 atom stereocenters. The molecule has 0 amide bonds. The standard InChI is InChI=1S/C15H22N4O/c1-4-16-13(15-17-8-9-19(15)5-2)10-12-6-7-14(20-3)18-11-12/h6-9,11,13,16H,4-5,10H2,1-3H3. The van der Waals surface area contributed by atoms with Crippen LogP contribution in [0.3, 0.4) is 0 Å². The number of aryl methyl sites for hydroxylation is 1. The molecule has 1 N–H and O–H groups in total. The van der Waals surface area contributed by atoms with Gasteiger partial charge in [-0.05, 0) is 25.5 Å². The molecule has 0 saturated carbocycles. The fourth-order valence-corrected chi connectivity index (χ4v) is 2.29. The van der Waals surface area contributed by atoms with E-state index in [1.54, 1.807) is 7.11 Å². The molecule has 0 radical (unpaired) electrons. The van der Waals surface area contributed by atoms with E-state index in [2.05, 4.69) is 39.8 Å². The van der Waals surface area contributed by atoms with Gasteiger partial charge in [-0.15, -0.1) is 0 Å². The maximum Gasteiger partial charge on any atom is 0.212 e. The van der Waals surface area contributed by atoms with Crippen LogP contribution in [0.5, 0.6) is 5.88 Å². The SMILES string of the molecule is CCNC(Cc1ccc(OC)nc1)c1nccn1CC. The highest BCUT2D eigenvalue weighted by Crippen LogP contribution is 2.18. The fourth-order valence-electron chi connectivity index (χ4n) is 2.29. The highest BCUT2D eigenvalue weighted by Gasteiger charge is 2.16. The molecule has 5 nitrogen and oxygen atoms in total. The number of aromatic nitrogens is 3. The van der Waals surface area contributed by atoms with E-state index in [9.17, 15) is 0 Å². The van der Waals surface area contributed by atoms with E-state index in [4.69, 9.17) is 4.74 Å². The lowest BCUT2D eigenvalue weighted by atomic mass is 10.1. The monoisotopic (exact) mass is 274 g/mol. The minimum absolute atomic E-state index is 0.199. The van der Waals surface area contributed by atoms with Crippen LogP contribution in [0.2, 0.25) is 0 Å². The third-order valence-electron chi connectivity index (χ3n) is 3.30. The second-order valence-electron chi connectivity index (χ2n) is 4.59. The Hall–Kier alpha value is -1.88. The molecule has 5 heteroatoms. The van der Waals surface area contributed by atoms with Gasteiger partial charge in [-0.1, -0.05) is 13.0 Å². The van der Waals surface area contributed by atoms with E-state index in [-0.39, 0.29) is 6.04 Å². The van der Waals surface area contributed by atoms with E-state index in [0.717, 1.165) is 25.3 Å². The van der Waals surface area contributed by atoms with Crippen LogP contribution in [-0.2, 0) is 13.0 Å². The summed E-state index contributed by atoms with van der Waals surface area (Å²) in [5.74, 6) is 1.72. The summed E-state index contributed by atoms with van der Waals surface area (Å²) in [6.45, 7) is 6.07. The van der Waals surface area contributed by atoms with Gasteiger partial charge in [0.15, 0.2) is 0 Å². The Morgan fingerprint density at radius 2 is 2.15 bits per heavy atom. The number of nitrogens with one attached hydrogen (secondary N) is 1. The van der Waals surface area contributed by atoms with E-state index >= 15 is 0 Å². The third-order valence-corrected chi connectivity index (χ3v) is 3.30. The summed E-state index contributed by atoms with van der Waals surface area (Å²) in [6.07, 6.45) is 6.60. The summed E-state index contributed by atoms with van der Waals surface area (Å²) in [6, 6.07) is 4.14. The van der Waals surface area contributed by atoms with Crippen molar-refractivity contribution in [1.82, 2.24) is 19.9 Å². The Bertz CT molecular complexity index is 521. The zero-order valence-corrected chi connectivity index (χ0v) is 12.3. The number of pyridine rings is 1. The number of likely N-dealkylation sites (N-methyl/N-ethyl adjacent to an activating group) is 1. The lowest BCUT2D eigenvalue weighted by Crippen LogP contribution is -2.26. The lowest BCUT2D eigenvalue weighted by molar-refractivity contribution is 0.397. The molecule has 2 aromatic heterocycles. The van der Waals surface area contributed by atoms with Crippen molar-refractivity contribution >= 4 is 0 Å². The summed E-state index contributed by atoms with van der Waals surface area (Å²) in [5.41, 5.74) is 1.17. The van der Waals surface area contributed by atoms with Crippen molar-refractivity contribution < 1.29 is 4.74 Å². The minimum atomic E-state index is 0.199. The summed E-state index contributed by atoms with van der Waals surface area (Å²) < 4.78 is 7.26. The molecule has 0 aliphatic rings. The Labute approximate surface area is 120 Å². The van der Waals surface area contributed by atoms with Crippen molar-refractivity contribution in [3.63, 3.8) is 0 Å². The first kappa shape index (κ1) is 14.5. The number of methoxy groups -OCH3 is 1. The molecular weight excluding hydrogens is 252 g/mol. The fraction of sp³-hybridized carbons (Fsp3) is 0.467. The molecule has 0 aliphatic heterocycles. The maximum atomic E-state index is 5.09. The van der Waals surface area contributed by atoms with Crippen LogP contribution in [0.4, 0.5) is 0 Å². The summed E-state index contributed by atoms with van der Waals surface area (Å²) >= 11 is 0. The van der Waals surface area contributed by atoms with Gasteiger partial charge in [0.2, 0.25) is 5.88 Å². The first-order chi connectivity index (χ1) is 9.78. The van der Waals surface area contributed by atoms with Crippen LogP contribution in [0, 0.1) is 0 Å². The zero-order chi connectivity index (χ0) is 14.4. The molecule has 2 heterocycles. The third kappa shape index (κ3) is 3.36. The van der Waals surface area contributed by atoms with E-state index in [0.29, 0.717) is 5.88 Å². The smallest absolute Gasteiger partial charge is 0.212 e. The maximum absolute atomic E-state index is 5.09. The van der Waals surface area contributed by atoms with Crippen molar-refractivity contribution in [2.75, 3.05) is 13.7 Å². The Morgan fingerprint density at radius 3 is 2.75 bits per heavy atom. The quantitative estimate of drug-likeness (QED) is 0.841. The molecule has 0 fully saturated rings. The van der Waals surface area contributed by atoms with Gasteiger partial charge in [0.1, 0.15) is 5.82 Å². The zero-order valence-electron chi connectivity index (χ0n) is 12.3. The van der Waals surface area contributed by atoms with E-state index in [1.165, 1.54) is 5.56 Å². The largest absolute Gasteiger partial charge is 0.481 e. The van der Waals surface area contributed by atoms with Gasteiger partial charge in [-0.2, -0.15) is 0 Å². The molecule has 0 bridgehead atoms. The van der Waals surface area contributed by atoms with Crippen molar-refractivity contribution in [3.05, 3.63) is 42.1 Å². The molecular formula is C15H22N4O. The van der Waals surface area contributed by atoms with Crippen molar-refractivity contribution in [2.45, 2.75) is 32.9 Å². The second-order valence-corrected chi connectivity index (χ2v) is 4.59. The van der Waals surface area contributed by atoms with Gasteiger partial charge in [0, 0.05) is 31.2 Å². The number of rotatable bonds is 7. The summed E-state index contributed by atoms with van der Waals surface area (Å²) in [5, 5.41) is 3.49. The topological polar surface area (TPSA) is 52.0 Å². The number of nitrogens with zero attached hydrogens (tertiary/aromatic N) is 3. The van der Waals surface area contributed by atoms with E-state index in [1.807, 2.05) is 24.7 Å². The molecule has 0 saturated heterocycles. The highest BCUT2D eigenvalue weighted by atomic mass is 16.5. The second kappa shape index (κ2) is 7.05. The molecule has 0 aliphatic carbocycles. The Morgan fingerprint density at radius 1 is 1.30 bits per heavy atom. The van der Waals surface area contributed by atoms with Gasteiger partial charge in [0.05, 0.1) is 13.2 Å². The highest BCUT2D eigenvalue weighted by molar-refractivity contribution is 5.19. The first-order valence-corrected chi connectivity index (χ1v) is 7.01. The molecule has 1 unspecified atom stereocenters. The molecule has 0 aromatic carbocycles. The van der Waals surface area contributed by atoms with Gasteiger partial charge in [0.25, 0.3) is 0 Å². The van der Waals surface area contributed by atoms with Crippen LogP contribution in [0.25, 0.3) is 0 Å². The van der Waals surface area contributed by atoms with Crippen LogP contribution in [-0.4, -0.2) is 28.2 Å². The minimum Gasteiger partial charge on any atom is -0.481 e. The van der Waals surface area contributed by atoms with Crippen molar-refractivity contribution in [1.29, 1.82) is 0 Å². The average Bonchev–Trinajstić information content (AvgIpc) is 2.96. The average molecular weight is 274 g/mol. The van der Waals surface area contributed by atoms with Crippen molar-refractivity contribution in [3.8, 4) is 5.88 Å². The number of ether oxygens (including phenoxy) is 1. The number of hydrogen-bond acceptors (Lipinski definition) is 4. The molecule has 108 valence electrons. The first-order valence-electron chi connectivity index (χ1n) is 7.01. The van der Waals surface area contributed by atoms with Crippen molar-refractivity contribution in [2.24, 2.45) is 0 Å². The Balaban J connectivity index is 2.16. The molecule has 20 heavy (non-hydrogen) atoms.